The Kier molecular flexibility index (Phi) is 6.75. The first-order valence-electron chi connectivity index (χ1n) is 12.9. The maximum absolute atomic E-state index is 13.3. The Labute approximate surface area is 217 Å². The molecule has 0 saturated carbocycles. The quantitative estimate of drug-likeness (QED) is 0.423. The predicted molar refractivity (Wildman–Crippen MR) is 135 cm³/mol. The third-order valence-electron chi connectivity index (χ3n) is 7.47. The first kappa shape index (κ1) is 24.8. The number of piperazine rings is 1. The highest BCUT2D eigenvalue weighted by atomic mass is 19.4. The molecule has 2 aliphatic heterocycles. The molecular formula is C26H29F3N8O. The van der Waals surface area contributed by atoms with Gasteiger partial charge in [-0.15, -0.1) is 0 Å². The average Bonchev–Trinajstić information content (AvgIpc) is 3.58. The van der Waals surface area contributed by atoms with Crippen LogP contribution in [0, 0.1) is 0 Å². The van der Waals surface area contributed by atoms with Crippen LogP contribution in [0.4, 0.5) is 19.0 Å². The number of hydrogen-bond acceptors (Lipinski definition) is 7. The Morgan fingerprint density at radius 2 is 1.84 bits per heavy atom. The molecule has 9 nitrogen and oxygen atoms in total. The van der Waals surface area contributed by atoms with Crippen molar-refractivity contribution in [2.45, 2.75) is 43.9 Å². The number of pyridine rings is 1. The molecule has 0 unspecified atom stereocenters. The molecule has 6 heterocycles. The number of aromatic amines is 1. The Morgan fingerprint density at radius 3 is 2.61 bits per heavy atom. The second-order valence-electron chi connectivity index (χ2n) is 9.81. The van der Waals surface area contributed by atoms with Crippen LogP contribution in [0.15, 0.2) is 49.2 Å². The highest BCUT2D eigenvalue weighted by Crippen LogP contribution is 2.33. The summed E-state index contributed by atoms with van der Waals surface area (Å²) >= 11 is 0. The van der Waals surface area contributed by atoms with Crippen molar-refractivity contribution in [3.63, 3.8) is 0 Å². The Bertz CT molecular complexity index is 1360. The van der Waals surface area contributed by atoms with Crippen molar-refractivity contribution in [3.05, 3.63) is 60.3 Å². The number of aromatic nitrogens is 6. The van der Waals surface area contributed by atoms with Gasteiger partial charge in [-0.25, -0.2) is 15.0 Å². The molecule has 0 radical (unpaired) electrons. The van der Waals surface area contributed by atoms with E-state index in [1.165, 1.54) is 16.7 Å². The zero-order valence-corrected chi connectivity index (χ0v) is 20.8. The number of halogens is 3. The van der Waals surface area contributed by atoms with E-state index < -0.39 is 11.7 Å². The predicted octanol–water partition coefficient (Wildman–Crippen LogP) is 4.36. The molecule has 2 saturated heterocycles. The molecule has 0 spiro atoms. The van der Waals surface area contributed by atoms with E-state index in [4.69, 9.17) is 9.72 Å². The van der Waals surface area contributed by atoms with Crippen molar-refractivity contribution in [1.82, 2.24) is 34.4 Å². The van der Waals surface area contributed by atoms with Crippen LogP contribution in [0.5, 0.6) is 0 Å². The molecule has 4 aromatic rings. The summed E-state index contributed by atoms with van der Waals surface area (Å²) in [4.78, 5) is 18.2. The lowest BCUT2D eigenvalue weighted by atomic mass is 9.97. The van der Waals surface area contributed by atoms with Crippen LogP contribution in [-0.2, 0) is 10.9 Å². The smallest absolute Gasteiger partial charge is 0.381 e. The SMILES string of the molecule is FC(F)(F)c1ccc2ncc(-c3nccc(N4CCN(C5CCCOCCC5)[C@@H](c5cn[nH]c5)C4)n3)n2c1. The van der Waals surface area contributed by atoms with E-state index in [2.05, 4.69) is 30.0 Å². The first-order chi connectivity index (χ1) is 18.5. The highest BCUT2D eigenvalue weighted by Gasteiger charge is 2.34. The van der Waals surface area contributed by atoms with Crippen molar-refractivity contribution in [2.75, 3.05) is 37.7 Å². The molecule has 6 rings (SSSR count). The van der Waals surface area contributed by atoms with Gasteiger partial charge in [-0.2, -0.15) is 18.3 Å². The topological polar surface area (TPSA) is 87.5 Å². The van der Waals surface area contributed by atoms with Gasteiger partial charge in [0.2, 0.25) is 0 Å². The van der Waals surface area contributed by atoms with Crippen LogP contribution in [-0.4, -0.2) is 73.3 Å². The van der Waals surface area contributed by atoms with Gasteiger partial charge in [0.15, 0.2) is 5.82 Å². The molecule has 0 aliphatic carbocycles. The second-order valence-corrected chi connectivity index (χ2v) is 9.81. The van der Waals surface area contributed by atoms with Crippen LogP contribution in [0.1, 0.15) is 42.9 Å². The number of rotatable bonds is 4. The number of H-pyrrole nitrogens is 1. The Morgan fingerprint density at radius 1 is 1.00 bits per heavy atom. The molecule has 200 valence electrons. The normalized spacial score (nSPS) is 20.5. The number of fused-ring (bicyclic) bond motifs is 1. The van der Waals surface area contributed by atoms with Gasteiger partial charge in [-0.3, -0.25) is 14.4 Å². The lowest BCUT2D eigenvalue weighted by Crippen LogP contribution is -2.52. The lowest BCUT2D eigenvalue weighted by molar-refractivity contribution is -0.137. The van der Waals surface area contributed by atoms with Crippen LogP contribution in [0.2, 0.25) is 0 Å². The minimum absolute atomic E-state index is 0.136. The van der Waals surface area contributed by atoms with Gasteiger partial charge in [-0.1, -0.05) is 0 Å². The number of hydrogen-bond donors (Lipinski definition) is 1. The molecule has 0 aromatic carbocycles. The van der Waals surface area contributed by atoms with Gasteiger partial charge in [0.25, 0.3) is 0 Å². The number of alkyl halides is 3. The number of imidazole rings is 1. The minimum Gasteiger partial charge on any atom is -0.381 e. The fraction of sp³-hybridized carbons (Fsp3) is 0.462. The monoisotopic (exact) mass is 526 g/mol. The van der Waals surface area contributed by atoms with E-state index >= 15 is 0 Å². The van der Waals surface area contributed by atoms with Gasteiger partial charge in [0.1, 0.15) is 17.2 Å². The van der Waals surface area contributed by atoms with Crippen molar-refractivity contribution in [1.29, 1.82) is 0 Å². The number of nitrogens with one attached hydrogen (secondary N) is 1. The lowest BCUT2D eigenvalue weighted by Gasteiger charge is -2.46. The van der Waals surface area contributed by atoms with Crippen LogP contribution < -0.4 is 4.90 Å². The summed E-state index contributed by atoms with van der Waals surface area (Å²) in [5, 5.41) is 7.16. The molecule has 38 heavy (non-hydrogen) atoms. The third kappa shape index (κ3) is 4.97. The molecule has 1 N–H and O–H groups in total. The summed E-state index contributed by atoms with van der Waals surface area (Å²) in [5.74, 6) is 1.06. The standard InChI is InChI=1S/C26H29F3N8O/c27-26(28,29)19-5-6-23-31-15-21(37(23)16-19)25-30-8-7-24(34-25)35-9-10-36(20-3-1-11-38-12-2-4-20)22(17-35)18-13-32-33-14-18/h5-8,13-16,20,22H,1-4,9-12,17H2,(H,32,33)/t22-/m1/s1. The van der Waals surface area contributed by atoms with Crippen LogP contribution in [0.25, 0.3) is 17.2 Å². The van der Waals surface area contributed by atoms with Crippen molar-refractivity contribution in [3.8, 4) is 11.5 Å². The van der Waals surface area contributed by atoms with E-state index in [1.807, 2.05) is 18.5 Å². The van der Waals surface area contributed by atoms with E-state index in [1.54, 1.807) is 6.20 Å². The summed E-state index contributed by atoms with van der Waals surface area (Å²) in [6.07, 6.45) is 7.88. The average molecular weight is 527 g/mol. The van der Waals surface area contributed by atoms with E-state index in [9.17, 15) is 13.2 Å². The molecule has 2 aliphatic rings. The summed E-state index contributed by atoms with van der Waals surface area (Å²) in [6.45, 7) is 3.98. The number of nitrogens with zero attached hydrogens (tertiary/aromatic N) is 7. The van der Waals surface area contributed by atoms with Gasteiger partial charge < -0.3 is 9.64 Å². The Balaban J connectivity index is 1.28. The highest BCUT2D eigenvalue weighted by molar-refractivity contribution is 5.59. The molecular weight excluding hydrogens is 497 g/mol. The van der Waals surface area contributed by atoms with Crippen molar-refractivity contribution in [2.24, 2.45) is 0 Å². The summed E-state index contributed by atoms with van der Waals surface area (Å²) in [6, 6.07) is 4.84. The minimum atomic E-state index is -4.45. The van der Waals surface area contributed by atoms with Crippen LogP contribution in [0.3, 0.4) is 0 Å². The second kappa shape index (κ2) is 10.3. The number of anilines is 1. The maximum Gasteiger partial charge on any atom is 0.417 e. The van der Waals surface area contributed by atoms with E-state index in [0.717, 1.165) is 75.6 Å². The maximum atomic E-state index is 13.3. The first-order valence-corrected chi connectivity index (χ1v) is 12.9. The van der Waals surface area contributed by atoms with Gasteiger partial charge in [-0.05, 0) is 43.9 Å². The summed E-state index contributed by atoms with van der Waals surface area (Å²) in [7, 11) is 0. The van der Waals surface area contributed by atoms with Gasteiger partial charge in [0.05, 0.1) is 24.0 Å². The molecule has 0 amide bonds. The summed E-state index contributed by atoms with van der Waals surface area (Å²) in [5.41, 5.74) is 1.19. The molecule has 2 fully saturated rings. The fourth-order valence-electron chi connectivity index (χ4n) is 5.56. The zero-order chi connectivity index (χ0) is 26.1. The van der Waals surface area contributed by atoms with E-state index in [-0.39, 0.29) is 6.04 Å². The Hall–Kier alpha value is -3.51. The summed E-state index contributed by atoms with van der Waals surface area (Å²) < 4.78 is 47.1. The van der Waals surface area contributed by atoms with Crippen molar-refractivity contribution >= 4 is 11.5 Å². The molecule has 0 bridgehead atoms. The zero-order valence-electron chi connectivity index (χ0n) is 20.8. The third-order valence-corrected chi connectivity index (χ3v) is 7.47. The van der Waals surface area contributed by atoms with Crippen LogP contribution >= 0.6 is 0 Å². The van der Waals surface area contributed by atoms with Crippen molar-refractivity contribution < 1.29 is 17.9 Å². The van der Waals surface area contributed by atoms with Gasteiger partial charge in [0, 0.05) is 63.0 Å². The molecule has 4 aromatic heterocycles. The molecule has 12 heteroatoms. The molecule has 1 atom stereocenters. The van der Waals surface area contributed by atoms with E-state index in [0.29, 0.717) is 29.8 Å². The van der Waals surface area contributed by atoms with Gasteiger partial charge >= 0.3 is 6.18 Å². The number of ether oxygens (including phenoxy) is 1. The fourth-order valence-corrected chi connectivity index (χ4v) is 5.56. The largest absolute Gasteiger partial charge is 0.417 e.